The van der Waals surface area contributed by atoms with Crippen molar-refractivity contribution in [2.24, 2.45) is 10.2 Å². The number of nitrogen functional groups attached to an aromatic ring is 1. The van der Waals surface area contributed by atoms with Gasteiger partial charge < -0.3 is 21.3 Å². The molecule has 1 aromatic heterocycles. The Hall–Kier alpha value is -4.58. The molecule has 0 saturated heterocycles. The lowest BCUT2D eigenvalue weighted by Gasteiger charge is -2.14. The molecule has 0 atom stereocenters. The van der Waals surface area contributed by atoms with Gasteiger partial charge in [-0.2, -0.15) is 15.0 Å². The summed E-state index contributed by atoms with van der Waals surface area (Å²) < 4.78 is 0. The van der Waals surface area contributed by atoms with Crippen LogP contribution in [0.25, 0.3) is 10.8 Å². The van der Waals surface area contributed by atoms with Crippen LogP contribution in [0.1, 0.15) is 11.1 Å². The quantitative estimate of drug-likeness (QED) is 0.166. The van der Waals surface area contributed by atoms with Crippen molar-refractivity contribution in [3.63, 3.8) is 0 Å². The highest BCUT2D eigenvalue weighted by atomic mass is 35.5. The molecule has 5 N–H and O–H groups in total. The molecule has 34 heavy (non-hydrogen) atoms. The molecule has 0 unspecified atom stereocenters. The van der Waals surface area contributed by atoms with E-state index in [0.717, 1.165) is 23.8 Å². The number of aryl methyl sites for hydroxylation is 2. The van der Waals surface area contributed by atoms with Crippen molar-refractivity contribution in [1.29, 1.82) is 0 Å². The summed E-state index contributed by atoms with van der Waals surface area (Å²) >= 11 is 5.86. The summed E-state index contributed by atoms with van der Waals surface area (Å²) in [6.07, 6.45) is 0. The Labute approximate surface area is 196 Å². The molecule has 0 radical (unpaired) electrons. The van der Waals surface area contributed by atoms with E-state index >= 15 is 0 Å². The van der Waals surface area contributed by atoms with Crippen molar-refractivity contribution in [2.75, 3.05) is 11.1 Å². The fraction of sp³-hybridized carbons (Fsp3) is 0.0952. The highest BCUT2D eigenvalue weighted by Gasteiger charge is 2.17. The third kappa shape index (κ3) is 4.47. The first-order valence-electron chi connectivity index (χ1n) is 9.72. The molecule has 0 aliphatic carbocycles. The molecule has 0 spiro atoms. The first kappa shape index (κ1) is 22.6. The zero-order valence-electron chi connectivity index (χ0n) is 17.8. The van der Waals surface area contributed by atoms with Gasteiger partial charge in [-0.25, -0.2) is 0 Å². The van der Waals surface area contributed by atoms with E-state index in [1.54, 1.807) is 19.1 Å². The third-order valence-corrected chi connectivity index (χ3v) is 4.99. The lowest BCUT2D eigenvalue weighted by atomic mass is 10.0. The van der Waals surface area contributed by atoms with Gasteiger partial charge in [-0.15, -0.1) is 10.2 Å². The number of nitrogens with two attached hydrogens (primary N) is 1. The monoisotopic (exact) mass is 480 g/mol. The first-order chi connectivity index (χ1) is 16.1. The molecule has 4 rings (SSSR count). The number of nitrogens with zero attached hydrogens (tertiary/aromatic N) is 6. The number of nitrogens with one attached hydrogen (secondary N) is 1. The number of benzene rings is 3. The van der Waals surface area contributed by atoms with Crippen molar-refractivity contribution in [3.8, 4) is 11.5 Å². The van der Waals surface area contributed by atoms with E-state index in [9.17, 15) is 20.3 Å². The molecular weight excluding hydrogens is 464 g/mol. The van der Waals surface area contributed by atoms with Crippen molar-refractivity contribution in [1.82, 2.24) is 15.0 Å². The van der Waals surface area contributed by atoms with Crippen LogP contribution in [0.4, 0.5) is 34.6 Å². The number of hydrogen-bond acceptors (Lipinski definition) is 11. The fourth-order valence-corrected chi connectivity index (χ4v) is 3.54. The van der Waals surface area contributed by atoms with Gasteiger partial charge in [0.1, 0.15) is 17.1 Å². The van der Waals surface area contributed by atoms with Crippen LogP contribution in [0, 0.1) is 24.0 Å². The lowest BCUT2D eigenvalue weighted by molar-refractivity contribution is -0.384. The van der Waals surface area contributed by atoms with Gasteiger partial charge in [-0.05, 0) is 60.2 Å². The van der Waals surface area contributed by atoms with E-state index in [1.165, 1.54) is 0 Å². The van der Waals surface area contributed by atoms with E-state index in [-0.39, 0.29) is 45.7 Å². The lowest BCUT2D eigenvalue weighted by Crippen LogP contribution is -2.04. The van der Waals surface area contributed by atoms with Gasteiger partial charge in [0.15, 0.2) is 5.75 Å². The number of nitro groups is 1. The molecule has 0 aliphatic heterocycles. The Morgan fingerprint density at radius 2 is 1.85 bits per heavy atom. The summed E-state index contributed by atoms with van der Waals surface area (Å²) in [5.74, 6) is -0.506. The van der Waals surface area contributed by atoms with Crippen molar-refractivity contribution < 1.29 is 15.1 Å². The van der Waals surface area contributed by atoms with Gasteiger partial charge in [0, 0.05) is 17.5 Å². The number of phenols is 2. The van der Waals surface area contributed by atoms with E-state index in [0.29, 0.717) is 22.0 Å². The Kier molecular flexibility index (Phi) is 5.82. The minimum Gasteiger partial charge on any atom is -0.506 e. The maximum absolute atomic E-state index is 11.1. The van der Waals surface area contributed by atoms with Crippen LogP contribution in [0.2, 0.25) is 5.28 Å². The molecule has 12 nitrogen and oxygen atoms in total. The summed E-state index contributed by atoms with van der Waals surface area (Å²) in [6, 6.07) is 8.80. The number of rotatable bonds is 5. The highest BCUT2D eigenvalue weighted by Crippen LogP contribution is 2.44. The zero-order chi connectivity index (χ0) is 24.6. The number of aromatic hydroxyl groups is 2. The second-order valence-electron chi connectivity index (χ2n) is 7.34. The third-order valence-electron chi connectivity index (χ3n) is 4.82. The summed E-state index contributed by atoms with van der Waals surface area (Å²) in [5.41, 5.74) is 7.29. The average Bonchev–Trinajstić information content (AvgIpc) is 2.73. The minimum atomic E-state index is -0.613. The summed E-state index contributed by atoms with van der Waals surface area (Å²) in [5, 5.41) is 44.1. The summed E-state index contributed by atoms with van der Waals surface area (Å²) in [7, 11) is 0. The van der Waals surface area contributed by atoms with E-state index in [2.05, 4.69) is 30.5 Å². The summed E-state index contributed by atoms with van der Waals surface area (Å²) in [4.78, 5) is 22.1. The van der Waals surface area contributed by atoms with Gasteiger partial charge in [0.25, 0.3) is 5.69 Å². The molecule has 13 heteroatoms. The number of hydrogen-bond donors (Lipinski definition) is 4. The van der Waals surface area contributed by atoms with Gasteiger partial charge in [-0.1, -0.05) is 6.07 Å². The Morgan fingerprint density at radius 1 is 1.09 bits per heavy atom. The van der Waals surface area contributed by atoms with Crippen molar-refractivity contribution in [3.05, 3.63) is 62.9 Å². The smallest absolute Gasteiger partial charge is 0.271 e. The van der Waals surface area contributed by atoms with Gasteiger partial charge in [-0.3, -0.25) is 10.1 Å². The second-order valence-corrected chi connectivity index (χ2v) is 7.68. The maximum atomic E-state index is 11.1. The van der Waals surface area contributed by atoms with Gasteiger partial charge >= 0.3 is 0 Å². The standard InChI is InChI=1S/C21H17ClN8O4/c1-9-5-11-7-10(2)17(29-28-13-8-12(30(33)34)3-4-15(13)31)18(32)16(11)14(6-9)24-21-26-19(22)25-20(23)27-21/h3-8,31-32H,1-2H3,(H3,23,24,25,26,27). The predicted octanol–water partition coefficient (Wildman–Crippen LogP) is 5.36. The average molecular weight is 481 g/mol. The molecule has 0 saturated carbocycles. The largest absolute Gasteiger partial charge is 0.506 e. The van der Waals surface area contributed by atoms with Gasteiger partial charge in [0.2, 0.25) is 17.2 Å². The molecule has 0 fully saturated rings. The van der Waals surface area contributed by atoms with Crippen LogP contribution in [0.3, 0.4) is 0 Å². The number of phenolic OH excluding ortho intramolecular Hbond substituents is 2. The molecule has 4 aromatic rings. The normalized spacial score (nSPS) is 11.3. The number of nitro benzene ring substituents is 1. The topological polar surface area (TPSA) is 185 Å². The van der Waals surface area contributed by atoms with E-state index in [1.807, 2.05) is 13.0 Å². The van der Waals surface area contributed by atoms with Crippen molar-refractivity contribution >= 4 is 57.0 Å². The Morgan fingerprint density at radius 3 is 2.56 bits per heavy atom. The molecule has 1 heterocycles. The molecule has 3 aromatic carbocycles. The number of fused-ring (bicyclic) bond motifs is 1. The van der Waals surface area contributed by atoms with Gasteiger partial charge in [0.05, 0.1) is 10.6 Å². The predicted molar refractivity (Wildman–Crippen MR) is 127 cm³/mol. The number of halogens is 1. The van der Waals surface area contributed by atoms with Crippen LogP contribution in [0.15, 0.2) is 46.6 Å². The van der Waals surface area contributed by atoms with Crippen LogP contribution >= 0.6 is 11.6 Å². The number of azo groups is 1. The van der Waals surface area contributed by atoms with Crippen LogP contribution < -0.4 is 11.1 Å². The Balaban J connectivity index is 1.84. The van der Waals surface area contributed by atoms with E-state index in [4.69, 9.17) is 17.3 Å². The molecule has 0 amide bonds. The van der Waals surface area contributed by atoms with E-state index < -0.39 is 4.92 Å². The molecule has 172 valence electrons. The number of aromatic nitrogens is 3. The highest BCUT2D eigenvalue weighted by molar-refractivity contribution is 6.28. The SMILES string of the molecule is Cc1cc(Nc2nc(N)nc(Cl)n2)c2c(O)c(N=Nc3cc([N+](=O)[O-])ccc3O)c(C)cc2c1. The number of non-ortho nitro benzene ring substituents is 1. The summed E-state index contributed by atoms with van der Waals surface area (Å²) in [6.45, 7) is 3.60. The number of anilines is 3. The van der Waals surface area contributed by atoms with Crippen LogP contribution in [-0.4, -0.2) is 30.1 Å². The van der Waals surface area contributed by atoms with Crippen LogP contribution in [-0.2, 0) is 0 Å². The molecule has 0 aliphatic rings. The second kappa shape index (κ2) is 8.75. The maximum Gasteiger partial charge on any atom is 0.271 e. The van der Waals surface area contributed by atoms with Crippen LogP contribution in [0.5, 0.6) is 11.5 Å². The zero-order valence-corrected chi connectivity index (χ0v) is 18.6. The Bertz CT molecular complexity index is 1470. The minimum absolute atomic E-state index is 0.0778. The molecule has 0 bridgehead atoms. The fourth-order valence-electron chi connectivity index (χ4n) is 3.38. The first-order valence-corrected chi connectivity index (χ1v) is 10.1. The van der Waals surface area contributed by atoms with Crippen molar-refractivity contribution in [2.45, 2.75) is 13.8 Å². The molecular formula is C21H17ClN8O4.